The van der Waals surface area contributed by atoms with Gasteiger partial charge < -0.3 is 10.1 Å². The molecular weight excluding hydrogens is 246 g/mol. The molecule has 0 aliphatic rings. The molecule has 17 heavy (non-hydrogen) atoms. The molecule has 0 aliphatic heterocycles. The molecule has 0 aromatic carbocycles. The Bertz CT molecular complexity index is 428. The summed E-state index contributed by atoms with van der Waals surface area (Å²) in [4.78, 5) is 22.6. The first kappa shape index (κ1) is 13.5. The quantitative estimate of drug-likeness (QED) is 0.646. The van der Waals surface area contributed by atoms with Crippen LogP contribution in [0.5, 0.6) is 0 Å². The van der Waals surface area contributed by atoms with Crippen molar-refractivity contribution in [3.05, 3.63) is 12.4 Å². The zero-order valence-electron chi connectivity index (χ0n) is 9.86. The third-order valence-electron chi connectivity index (χ3n) is 2.25. The Morgan fingerprint density at radius 3 is 2.76 bits per heavy atom. The molecule has 0 unspecified atom stereocenters. The predicted molar refractivity (Wildman–Crippen MR) is 62.9 cm³/mol. The van der Waals surface area contributed by atoms with E-state index < -0.39 is 11.5 Å². The zero-order valence-corrected chi connectivity index (χ0v) is 10.6. The lowest BCUT2D eigenvalue weighted by Crippen LogP contribution is -2.37. The molecule has 7 heteroatoms. The number of hydrogen-bond donors (Lipinski definition) is 1. The van der Waals surface area contributed by atoms with Crippen LogP contribution in [0.1, 0.15) is 13.8 Å². The average molecular weight is 260 g/mol. The van der Waals surface area contributed by atoms with Gasteiger partial charge in [0.15, 0.2) is 5.54 Å². The highest BCUT2D eigenvalue weighted by Crippen LogP contribution is 2.18. The van der Waals surface area contributed by atoms with E-state index in [0.29, 0.717) is 5.69 Å². The van der Waals surface area contributed by atoms with Gasteiger partial charge in [-0.2, -0.15) is 5.10 Å². The first-order chi connectivity index (χ1) is 7.91. The molecule has 0 bridgehead atoms. The second-order valence-electron chi connectivity index (χ2n) is 3.91. The van der Waals surface area contributed by atoms with Gasteiger partial charge in [-0.15, -0.1) is 11.6 Å². The van der Waals surface area contributed by atoms with Gasteiger partial charge in [0, 0.05) is 6.20 Å². The van der Waals surface area contributed by atoms with E-state index >= 15 is 0 Å². The first-order valence-electron chi connectivity index (χ1n) is 4.91. The highest BCUT2D eigenvalue weighted by Gasteiger charge is 2.31. The van der Waals surface area contributed by atoms with Crippen molar-refractivity contribution < 1.29 is 14.3 Å². The van der Waals surface area contributed by atoms with Crippen LogP contribution < -0.4 is 5.32 Å². The Hall–Kier alpha value is -1.56. The largest absolute Gasteiger partial charge is 0.467 e. The standard InChI is InChI=1S/C10H14ClN3O3/c1-10(2,9(16)17-3)14-6-7(5-12-14)13-8(15)4-11/h5-6H,4H2,1-3H3,(H,13,15). The molecular formula is C10H14ClN3O3. The fourth-order valence-corrected chi connectivity index (χ4v) is 1.30. The minimum Gasteiger partial charge on any atom is -0.467 e. The maximum atomic E-state index is 11.5. The molecule has 0 saturated carbocycles. The molecule has 0 atom stereocenters. The fraction of sp³-hybridized carbons (Fsp3) is 0.500. The van der Waals surface area contributed by atoms with Gasteiger partial charge in [0.05, 0.1) is 19.0 Å². The molecule has 1 heterocycles. The van der Waals surface area contributed by atoms with Crippen molar-refractivity contribution in [3.63, 3.8) is 0 Å². The zero-order chi connectivity index (χ0) is 13.1. The second-order valence-corrected chi connectivity index (χ2v) is 4.17. The van der Waals surface area contributed by atoms with Crippen LogP contribution in [0.15, 0.2) is 12.4 Å². The number of hydrogen-bond acceptors (Lipinski definition) is 4. The summed E-state index contributed by atoms with van der Waals surface area (Å²) in [6.07, 6.45) is 2.98. The number of amides is 1. The third kappa shape index (κ3) is 2.97. The van der Waals surface area contributed by atoms with E-state index in [0.717, 1.165) is 0 Å². The summed E-state index contributed by atoms with van der Waals surface area (Å²) >= 11 is 5.36. The minimum atomic E-state index is -0.932. The predicted octanol–water partition coefficient (Wildman–Crippen LogP) is 0.968. The van der Waals surface area contributed by atoms with Crippen LogP contribution in [-0.2, 0) is 19.9 Å². The molecule has 94 valence electrons. The molecule has 1 amide bonds. The van der Waals surface area contributed by atoms with E-state index in [-0.39, 0.29) is 11.8 Å². The summed E-state index contributed by atoms with van der Waals surface area (Å²) in [6, 6.07) is 0. The lowest BCUT2D eigenvalue weighted by molar-refractivity contribution is -0.150. The number of carbonyl (C=O) groups is 2. The van der Waals surface area contributed by atoms with Crippen molar-refractivity contribution in [2.75, 3.05) is 18.3 Å². The summed E-state index contributed by atoms with van der Waals surface area (Å²) in [6.45, 7) is 3.33. The van der Waals surface area contributed by atoms with Crippen molar-refractivity contribution in [2.45, 2.75) is 19.4 Å². The van der Waals surface area contributed by atoms with Crippen LogP contribution in [0.4, 0.5) is 5.69 Å². The lowest BCUT2D eigenvalue weighted by Gasteiger charge is -2.21. The van der Waals surface area contributed by atoms with Crippen molar-refractivity contribution in [3.8, 4) is 0 Å². The molecule has 1 N–H and O–H groups in total. The second kappa shape index (κ2) is 5.18. The highest BCUT2D eigenvalue weighted by molar-refractivity contribution is 6.29. The topological polar surface area (TPSA) is 73.2 Å². The Labute approximate surface area is 104 Å². The number of halogens is 1. The number of nitrogens with one attached hydrogen (secondary N) is 1. The van der Waals surface area contributed by atoms with Crippen LogP contribution in [0.25, 0.3) is 0 Å². The maximum Gasteiger partial charge on any atom is 0.333 e. The Balaban J connectivity index is 2.87. The number of anilines is 1. The number of carbonyl (C=O) groups excluding carboxylic acids is 2. The smallest absolute Gasteiger partial charge is 0.333 e. The molecule has 0 saturated heterocycles. The third-order valence-corrected chi connectivity index (χ3v) is 2.49. The number of rotatable bonds is 4. The SMILES string of the molecule is COC(=O)C(C)(C)n1cc(NC(=O)CCl)cn1. The van der Waals surface area contributed by atoms with Crippen molar-refractivity contribution in [1.29, 1.82) is 0 Å². The van der Waals surface area contributed by atoms with E-state index in [1.165, 1.54) is 18.0 Å². The fourth-order valence-electron chi connectivity index (χ4n) is 1.23. The summed E-state index contributed by atoms with van der Waals surface area (Å²) in [5.74, 6) is -0.885. The number of methoxy groups -OCH3 is 1. The molecule has 0 spiro atoms. The van der Waals surface area contributed by atoms with Gasteiger partial charge in [-0.1, -0.05) is 0 Å². The van der Waals surface area contributed by atoms with Gasteiger partial charge in [0.2, 0.25) is 5.91 Å². The van der Waals surface area contributed by atoms with Crippen LogP contribution in [0.3, 0.4) is 0 Å². The molecule has 1 aromatic heterocycles. The van der Waals surface area contributed by atoms with E-state index in [9.17, 15) is 9.59 Å². The molecule has 1 rings (SSSR count). The van der Waals surface area contributed by atoms with Gasteiger partial charge in [-0.3, -0.25) is 9.48 Å². The minimum absolute atomic E-state index is 0.133. The van der Waals surface area contributed by atoms with Crippen molar-refractivity contribution in [2.24, 2.45) is 0 Å². The Morgan fingerprint density at radius 1 is 1.59 bits per heavy atom. The summed E-state index contributed by atoms with van der Waals surface area (Å²) < 4.78 is 6.09. The maximum absolute atomic E-state index is 11.5. The van der Waals surface area contributed by atoms with Gasteiger partial charge in [0.25, 0.3) is 0 Å². The number of aromatic nitrogens is 2. The van der Waals surface area contributed by atoms with Gasteiger partial charge >= 0.3 is 5.97 Å². The number of nitrogens with zero attached hydrogens (tertiary/aromatic N) is 2. The van der Waals surface area contributed by atoms with E-state index in [2.05, 4.69) is 15.2 Å². The van der Waals surface area contributed by atoms with Gasteiger partial charge in [0.1, 0.15) is 5.88 Å². The molecule has 6 nitrogen and oxygen atoms in total. The Morgan fingerprint density at radius 2 is 2.24 bits per heavy atom. The molecule has 1 aromatic rings. The van der Waals surface area contributed by atoms with Gasteiger partial charge in [-0.05, 0) is 13.8 Å². The van der Waals surface area contributed by atoms with Crippen LogP contribution >= 0.6 is 11.6 Å². The number of alkyl halides is 1. The first-order valence-corrected chi connectivity index (χ1v) is 5.44. The molecule has 0 fully saturated rings. The van der Waals surface area contributed by atoms with E-state index in [1.807, 2.05) is 0 Å². The van der Waals surface area contributed by atoms with E-state index in [1.54, 1.807) is 20.0 Å². The summed E-state index contributed by atoms with van der Waals surface area (Å²) in [5, 5.41) is 6.54. The van der Waals surface area contributed by atoms with Crippen LogP contribution in [0, 0.1) is 0 Å². The van der Waals surface area contributed by atoms with Crippen LogP contribution in [-0.4, -0.2) is 34.6 Å². The lowest BCUT2D eigenvalue weighted by atomic mass is 10.1. The summed E-state index contributed by atoms with van der Waals surface area (Å²) in [5.41, 5.74) is -0.453. The van der Waals surface area contributed by atoms with Crippen molar-refractivity contribution >= 4 is 29.2 Å². The Kier molecular flexibility index (Phi) is 4.11. The molecule has 0 radical (unpaired) electrons. The molecule has 0 aliphatic carbocycles. The van der Waals surface area contributed by atoms with Gasteiger partial charge in [-0.25, -0.2) is 4.79 Å². The average Bonchev–Trinajstić information content (AvgIpc) is 2.76. The number of ether oxygens (including phenoxy) is 1. The monoisotopic (exact) mass is 259 g/mol. The normalized spacial score (nSPS) is 11.1. The van der Waals surface area contributed by atoms with E-state index in [4.69, 9.17) is 11.6 Å². The van der Waals surface area contributed by atoms with Crippen molar-refractivity contribution in [1.82, 2.24) is 9.78 Å². The number of esters is 1. The van der Waals surface area contributed by atoms with Crippen LogP contribution in [0.2, 0.25) is 0 Å². The highest BCUT2D eigenvalue weighted by atomic mass is 35.5. The summed E-state index contributed by atoms with van der Waals surface area (Å²) in [7, 11) is 1.31.